The average molecular weight is 899 g/mol. The fourth-order valence-corrected chi connectivity index (χ4v) is 17.6. The third kappa shape index (κ3) is 10.1. The van der Waals surface area contributed by atoms with Gasteiger partial charge >= 0.3 is 18.9 Å². The second-order valence-corrected chi connectivity index (χ2v) is 26.9. The number of hydrogen-bond acceptors (Lipinski definition) is 6. The molecule has 0 spiro atoms. The third-order valence-corrected chi connectivity index (χ3v) is 21.9. The van der Waals surface area contributed by atoms with Crippen LogP contribution in [-0.2, 0) is 4.79 Å². The van der Waals surface area contributed by atoms with E-state index in [2.05, 4.69) is 68.4 Å². The summed E-state index contributed by atoms with van der Waals surface area (Å²) in [6.07, 6.45) is 24.6. The summed E-state index contributed by atoms with van der Waals surface area (Å²) in [4.78, 5) is 13.6. The van der Waals surface area contributed by atoms with Crippen LogP contribution in [0.1, 0.15) is 218 Å². The van der Waals surface area contributed by atoms with Crippen LogP contribution in [0, 0.1) is 88.3 Å². The van der Waals surface area contributed by atoms with Crippen molar-refractivity contribution in [2.24, 2.45) is 80.8 Å². The standard InChI is InChI=1S/C29H50O3.C28H46O3.CH3.Li/c1-8-29(32)16-15-26(5)20(18-29)17-28(7,31)24-22-10-9-21(19(2)11-13-25(3,4)30)27(22,6)14-12-23(24)26;1-7-28(31)15-14-26(5)19(17-28)16-23(29)24-21-9-8-20(18(2)10-12-25(3,4)30)27(21,6)13-11-22(24)26;;/h17,19,21-24,30-32H,8-16,18H2,1-7H3;16,18,20-22,24,30-31H,7-15,17H2,1-6H3;1H3;/q;;-1;+1/t19-,21-,22+,23+,24+,26+,27-,28?,29+;18-,20-,21+,22+,24+,26+,27-,28+;;/m11../s1. The van der Waals surface area contributed by atoms with Crippen molar-refractivity contribution in [3.8, 4) is 0 Å². The van der Waals surface area contributed by atoms with Gasteiger partial charge in [-0.3, -0.25) is 4.79 Å². The molecule has 0 radical (unpaired) electrons. The second-order valence-electron chi connectivity index (χ2n) is 26.9. The molecule has 0 aromatic rings. The summed E-state index contributed by atoms with van der Waals surface area (Å²) in [5.74, 6) is 5.41. The van der Waals surface area contributed by atoms with Crippen LogP contribution < -0.4 is 18.9 Å². The summed E-state index contributed by atoms with van der Waals surface area (Å²) < 4.78 is 0. The number of carbonyl (C=O) groups excluding carboxylic acids is 1. The molecule has 0 bridgehead atoms. The van der Waals surface area contributed by atoms with E-state index in [9.17, 15) is 30.3 Å². The number of rotatable bonds is 10. The second kappa shape index (κ2) is 18.9. The quantitative estimate of drug-likeness (QED) is 0.0848. The van der Waals surface area contributed by atoms with Gasteiger partial charge in [0.1, 0.15) is 0 Å². The molecule has 0 amide bonds. The molecular weight excluding hydrogens is 800 g/mol. The maximum atomic E-state index is 13.6. The van der Waals surface area contributed by atoms with E-state index in [0.717, 1.165) is 77.0 Å². The van der Waals surface area contributed by atoms with Crippen molar-refractivity contribution in [1.29, 1.82) is 0 Å². The number of carbonyl (C=O) groups is 1. The predicted octanol–water partition coefficient (Wildman–Crippen LogP) is 9.78. The Labute approximate surface area is 411 Å². The minimum absolute atomic E-state index is 0. The van der Waals surface area contributed by atoms with Crippen LogP contribution in [0.3, 0.4) is 0 Å². The van der Waals surface area contributed by atoms with Gasteiger partial charge in [0.15, 0.2) is 5.78 Å². The molecule has 0 aromatic heterocycles. The van der Waals surface area contributed by atoms with Crippen molar-refractivity contribution in [1.82, 2.24) is 0 Å². The Balaban J connectivity index is 0.000000237. The molecule has 7 heteroatoms. The largest absolute Gasteiger partial charge is 1.00 e. The van der Waals surface area contributed by atoms with Gasteiger partial charge in [0.05, 0.1) is 28.0 Å². The molecular formula is C58H99LiO6. The fourth-order valence-electron chi connectivity index (χ4n) is 17.6. The van der Waals surface area contributed by atoms with Gasteiger partial charge < -0.3 is 33.0 Å². The monoisotopic (exact) mass is 899 g/mol. The summed E-state index contributed by atoms with van der Waals surface area (Å²) in [7, 11) is 0. The Bertz CT molecular complexity index is 1760. The van der Waals surface area contributed by atoms with Crippen LogP contribution >= 0.6 is 0 Å². The van der Waals surface area contributed by atoms with Crippen molar-refractivity contribution in [3.05, 3.63) is 30.7 Å². The van der Waals surface area contributed by atoms with Crippen molar-refractivity contribution >= 4 is 5.78 Å². The summed E-state index contributed by atoms with van der Waals surface area (Å²) in [6, 6.07) is 0. The Hall–Kier alpha value is -0.453. The number of fused-ring (bicyclic) bond motifs is 10. The molecule has 0 saturated heterocycles. The van der Waals surface area contributed by atoms with Gasteiger partial charge in [-0.15, -0.1) is 0 Å². The predicted molar refractivity (Wildman–Crippen MR) is 263 cm³/mol. The topological polar surface area (TPSA) is 118 Å². The van der Waals surface area contributed by atoms with E-state index >= 15 is 0 Å². The minimum Gasteiger partial charge on any atom is -0.390 e. The van der Waals surface area contributed by atoms with Gasteiger partial charge in [-0.1, -0.05) is 72.6 Å². The molecule has 368 valence electrons. The normalized spacial score (nSPS) is 46.4. The van der Waals surface area contributed by atoms with Gasteiger partial charge in [0.2, 0.25) is 0 Å². The van der Waals surface area contributed by atoms with Crippen LogP contribution in [0.2, 0.25) is 0 Å². The number of aliphatic hydroxyl groups is 5. The molecule has 8 rings (SSSR count). The molecule has 6 saturated carbocycles. The van der Waals surface area contributed by atoms with Crippen LogP contribution in [0.25, 0.3) is 0 Å². The zero-order chi connectivity index (χ0) is 46.6. The Morgan fingerprint density at radius 3 is 1.52 bits per heavy atom. The molecule has 6 nitrogen and oxygen atoms in total. The maximum Gasteiger partial charge on any atom is 1.00 e. The Morgan fingerprint density at radius 2 is 1.05 bits per heavy atom. The number of ketones is 1. The molecule has 5 N–H and O–H groups in total. The van der Waals surface area contributed by atoms with E-state index in [4.69, 9.17) is 0 Å². The summed E-state index contributed by atoms with van der Waals surface area (Å²) in [5, 5.41) is 54.3. The number of allylic oxidation sites excluding steroid dienone is 1. The van der Waals surface area contributed by atoms with Crippen molar-refractivity contribution in [2.75, 3.05) is 0 Å². The van der Waals surface area contributed by atoms with Crippen LogP contribution in [0.5, 0.6) is 0 Å². The summed E-state index contributed by atoms with van der Waals surface area (Å²) >= 11 is 0. The molecule has 6 fully saturated rings. The van der Waals surface area contributed by atoms with Crippen molar-refractivity contribution in [2.45, 2.75) is 246 Å². The zero-order valence-electron chi connectivity index (χ0n) is 44.7. The summed E-state index contributed by atoms with van der Waals surface area (Å²) in [5.41, 5.74) is 0.135. The molecule has 8 aliphatic rings. The molecule has 0 heterocycles. The zero-order valence-corrected chi connectivity index (χ0v) is 44.7. The van der Waals surface area contributed by atoms with E-state index in [-0.39, 0.29) is 53.9 Å². The maximum absolute atomic E-state index is 13.6. The van der Waals surface area contributed by atoms with Crippen molar-refractivity contribution < 1.29 is 49.2 Å². The Kier molecular flexibility index (Phi) is 16.2. The Morgan fingerprint density at radius 1 is 0.615 bits per heavy atom. The first-order chi connectivity index (χ1) is 29.0. The van der Waals surface area contributed by atoms with Crippen LogP contribution in [-0.4, -0.2) is 59.3 Å². The number of hydrogen-bond donors (Lipinski definition) is 5. The average Bonchev–Trinajstić information content (AvgIpc) is 3.74. The SMILES string of the molecule is CC[C@]1(O)CC[C@@]2(C)C(=CC(=O)[C@H]3[C@@H]4CC[C@H]([C@H](C)CCC(C)(C)O)[C@@]4(C)CC[C@@H]32)C1.CC[C@]1(O)CC[C@@]2(C)C(=CC(C)(O)[C@H]3[C@@H]4CC[C@H]([C@H](C)CCC(C)(C)O)[C@@]4(C)CC[C@@H]32)C1.[CH3-].[Li+]. The van der Waals surface area contributed by atoms with Gasteiger partial charge in [0, 0.05) is 5.92 Å². The molecule has 1 unspecified atom stereocenters. The molecule has 8 aliphatic carbocycles. The first kappa shape index (κ1) is 55.5. The van der Waals surface area contributed by atoms with Gasteiger partial charge in [-0.05, 0) is 244 Å². The molecule has 17 atom stereocenters. The van der Waals surface area contributed by atoms with Gasteiger partial charge in [-0.25, -0.2) is 0 Å². The fraction of sp³-hybridized carbons (Fsp3) is 0.897. The molecule has 0 aromatic carbocycles. The van der Waals surface area contributed by atoms with Gasteiger partial charge in [-0.2, -0.15) is 0 Å². The van der Waals surface area contributed by atoms with Gasteiger partial charge in [0.25, 0.3) is 0 Å². The smallest absolute Gasteiger partial charge is 0.390 e. The summed E-state index contributed by atoms with van der Waals surface area (Å²) in [6.45, 7) is 28.6. The van der Waals surface area contributed by atoms with E-state index < -0.39 is 28.0 Å². The third-order valence-electron chi connectivity index (χ3n) is 21.9. The van der Waals surface area contributed by atoms with Crippen LogP contribution in [0.15, 0.2) is 23.3 Å². The first-order valence-corrected chi connectivity index (χ1v) is 26.6. The van der Waals surface area contributed by atoms with E-state index in [1.165, 1.54) is 56.1 Å². The molecule has 65 heavy (non-hydrogen) atoms. The minimum atomic E-state index is -0.789. The van der Waals surface area contributed by atoms with Crippen LogP contribution in [0.4, 0.5) is 0 Å². The van der Waals surface area contributed by atoms with E-state index in [0.29, 0.717) is 65.5 Å². The molecule has 0 aliphatic heterocycles. The van der Waals surface area contributed by atoms with Crippen molar-refractivity contribution in [3.63, 3.8) is 0 Å². The van der Waals surface area contributed by atoms with E-state index in [1.807, 2.05) is 33.8 Å². The first-order valence-electron chi connectivity index (χ1n) is 26.6. The van der Waals surface area contributed by atoms with E-state index in [1.54, 1.807) is 0 Å².